The van der Waals surface area contributed by atoms with Gasteiger partial charge in [0.05, 0.1) is 11.9 Å². The van der Waals surface area contributed by atoms with Crippen LogP contribution in [-0.2, 0) is 11.2 Å². The second kappa shape index (κ2) is 6.84. The van der Waals surface area contributed by atoms with Crippen LogP contribution in [0.3, 0.4) is 0 Å². The average Bonchev–Trinajstić information content (AvgIpc) is 3.00. The molecule has 3 aromatic rings. The number of anilines is 1. The third-order valence-corrected chi connectivity index (χ3v) is 4.36. The summed E-state index contributed by atoms with van der Waals surface area (Å²) in [5, 5.41) is 25.9. The van der Waals surface area contributed by atoms with Crippen molar-refractivity contribution in [2.45, 2.75) is 33.6 Å². The number of benzene rings is 1. The van der Waals surface area contributed by atoms with Crippen LogP contribution in [0.5, 0.6) is 5.75 Å². The minimum atomic E-state index is -0.193. The van der Waals surface area contributed by atoms with Gasteiger partial charge < -0.3 is 10.4 Å². The number of nitrogens with one attached hydrogen (secondary N) is 1. The van der Waals surface area contributed by atoms with E-state index < -0.39 is 0 Å². The summed E-state index contributed by atoms with van der Waals surface area (Å²) in [4.78, 5) is 16.7. The van der Waals surface area contributed by atoms with Crippen molar-refractivity contribution in [1.29, 1.82) is 5.26 Å². The van der Waals surface area contributed by atoms with Gasteiger partial charge in [-0.05, 0) is 50.5 Å². The molecule has 0 aliphatic heterocycles. The highest BCUT2D eigenvalue weighted by molar-refractivity contribution is 5.92. The van der Waals surface area contributed by atoms with Crippen molar-refractivity contribution in [3.63, 3.8) is 0 Å². The number of aryl methyl sites for hydroxylation is 3. The van der Waals surface area contributed by atoms with Crippen LogP contribution in [0.4, 0.5) is 5.69 Å². The van der Waals surface area contributed by atoms with Crippen LogP contribution in [0.15, 0.2) is 24.4 Å². The average molecular weight is 349 g/mol. The predicted octanol–water partition coefficient (Wildman–Crippen LogP) is 2.80. The number of fused-ring (bicyclic) bond motifs is 1. The van der Waals surface area contributed by atoms with Gasteiger partial charge in [0.2, 0.25) is 5.91 Å². The Bertz CT molecular complexity index is 1050. The summed E-state index contributed by atoms with van der Waals surface area (Å²) in [6.07, 6.45) is 2.22. The highest BCUT2D eigenvalue weighted by Gasteiger charge is 2.15. The molecule has 3 rings (SSSR count). The molecule has 132 valence electrons. The van der Waals surface area contributed by atoms with Crippen molar-refractivity contribution >= 4 is 17.2 Å². The standard InChI is InChI=1S/C19H19N5O2/c1-11-4-6-16(17(25)8-11)23-18(26)7-5-15-12(2)22-19-14(9-20)10-21-24(19)13(15)3/h4,6,8,10,25H,5,7H2,1-3H3,(H,23,26). The number of aromatic nitrogens is 3. The first-order chi connectivity index (χ1) is 12.4. The van der Waals surface area contributed by atoms with Crippen molar-refractivity contribution in [1.82, 2.24) is 14.6 Å². The number of hydrogen-bond acceptors (Lipinski definition) is 5. The predicted molar refractivity (Wildman–Crippen MR) is 97.0 cm³/mol. The zero-order valence-electron chi connectivity index (χ0n) is 14.9. The number of carbonyl (C=O) groups is 1. The lowest BCUT2D eigenvalue weighted by molar-refractivity contribution is -0.116. The summed E-state index contributed by atoms with van der Waals surface area (Å²) in [6, 6.07) is 7.19. The fourth-order valence-electron chi connectivity index (χ4n) is 2.95. The molecule has 0 aliphatic rings. The third-order valence-electron chi connectivity index (χ3n) is 4.36. The van der Waals surface area contributed by atoms with E-state index in [1.54, 1.807) is 16.6 Å². The van der Waals surface area contributed by atoms with E-state index in [1.807, 2.05) is 26.8 Å². The molecule has 26 heavy (non-hydrogen) atoms. The molecule has 0 bridgehead atoms. The maximum absolute atomic E-state index is 12.3. The molecule has 0 spiro atoms. The van der Waals surface area contributed by atoms with Gasteiger partial charge in [-0.2, -0.15) is 10.4 Å². The molecular formula is C19H19N5O2. The summed E-state index contributed by atoms with van der Waals surface area (Å²) in [6.45, 7) is 5.63. The quantitative estimate of drug-likeness (QED) is 0.705. The molecule has 7 heteroatoms. The molecule has 1 amide bonds. The summed E-state index contributed by atoms with van der Waals surface area (Å²) >= 11 is 0. The zero-order valence-corrected chi connectivity index (χ0v) is 14.9. The van der Waals surface area contributed by atoms with Crippen molar-refractivity contribution in [3.05, 3.63) is 52.5 Å². The van der Waals surface area contributed by atoms with Gasteiger partial charge in [0.15, 0.2) is 5.65 Å². The third kappa shape index (κ3) is 3.22. The van der Waals surface area contributed by atoms with Gasteiger partial charge in [0.1, 0.15) is 17.4 Å². The molecule has 7 nitrogen and oxygen atoms in total. The van der Waals surface area contributed by atoms with Gasteiger partial charge in [-0.15, -0.1) is 0 Å². The summed E-state index contributed by atoms with van der Waals surface area (Å²) in [7, 11) is 0. The lowest BCUT2D eigenvalue weighted by Gasteiger charge is -2.12. The topological polar surface area (TPSA) is 103 Å². The molecule has 2 N–H and O–H groups in total. The Morgan fingerprint density at radius 1 is 1.35 bits per heavy atom. The maximum atomic E-state index is 12.3. The molecule has 0 aliphatic carbocycles. The number of carbonyl (C=O) groups excluding carboxylic acids is 1. The lowest BCUT2D eigenvalue weighted by atomic mass is 10.1. The first kappa shape index (κ1) is 17.4. The van der Waals surface area contributed by atoms with E-state index in [0.29, 0.717) is 23.3 Å². The van der Waals surface area contributed by atoms with Gasteiger partial charge in [0, 0.05) is 17.8 Å². The van der Waals surface area contributed by atoms with E-state index >= 15 is 0 Å². The van der Waals surface area contributed by atoms with Gasteiger partial charge in [-0.3, -0.25) is 4.79 Å². The molecular weight excluding hydrogens is 330 g/mol. The van der Waals surface area contributed by atoms with Crippen LogP contribution in [0.25, 0.3) is 5.65 Å². The van der Waals surface area contributed by atoms with E-state index in [1.165, 1.54) is 6.20 Å². The lowest BCUT2D eigenvalue weighted by Crippen LogP contribution is -2.14. The molecule has 0 fully saturated rings. The molecule has 0 unspecified atom stereocenters. The fourth-order valence-corrected chi connectivity index (χ4v) is 2.95. The Balaban J connectivity index is 1.77. The monoisotopic (exact) mass is 349 g/mol. The number of nitriles is 1. The normalized spacial score (nSPS) is 10.7. The SMILES string of the molecule is Cc1ccc(NC(=O)CCc2c(C)nc3c(C#N)cnn3c2C)c(O)c1. The Morgan fingerprint density at radius 2 is 2.12 bits per heavy atom. The number of phenolic OH excluding ortho intramolecular Hbond substituents is 1. The largest absolute Gasteiger partial charge is 0.506 e. The number of phenols is 1. The zero-order chi connectivity index (χ0) is 18.8. The minimum absolute atomic E-state index is 0.0503. The Labute approximate surface area is 150 Å². The van der Waals surface area contributed by atoms with Crippen LogP contribution in [0, 0.1) is 32.1 Å². The van der Waals surface area contributed by atoms with Crippen LogP contribution in [0.2, 0.25) is 0 Å². The van der Waals surface area contributed by atoms with Crippen molar-refractivity contribution in [2.75, 3.05) is 5.32 Å². The number of aromatic hydroxyl groups is 1. The van der Waals surface area contributed by atoms with Crippen LogP contribution in [-0.4, -0.2) is 25.6 Å². The van der Waals surface area contributed by atoms with Crippen LogP contribution >= 0.6 is 0 Å². The first-order valence-electron chi connectivity index (χ1n) is 8.24. The maximum Gasteiger partial charge on any atom is 0.224 e. The van der Waals surface area contributed by atoms with Crippen molar-refractivity contribution in [2.24, 2.45) is 0 Å². The molecule has 0 saturated heterocycles. The molecule has 2 heterocycles. The van der Waals surface area contributed by atoms with E-state index in [-0.39, 0.29) is 18.1 Å². The van der Waals surface area contributed by atoms with Crippen LogP contribution in [0.1, 0.15) is 34.5 Å². The molecule has 0 saturated carbocycles. The second-order valence-corrected chi connectivity index (χ2v) is 6.24. The van der Waals surface area contributed by atoms with Gasteiger partial charge in [0.25, 0.3) is 0 Å². The Kier molecular flexibility index (Phi) is 4.59. The van der Waals surface area contributed by atoms with Gasteiger partial charge in [-0.1, -0.05) is 6.07 Å². The fraction of sp³-hybridized carbons (Fsp3) is 0.263. The molecule has 0 atom stereocenters. The van der Waals surface area contributed by atoms with Crippen molar-refractivity contribution in [3.8, 4) is 11.8 Å². The molecule has 0 radical (unpaired) electrons. The summed E-state index contributed by atoms with van der Waals surface area (Å²) in [5.41, 5.74) is 4.83. The van der Waals surface area contributed by atoms with Gasteiger partial charge in [-0.25, -0.2) is 9.50 Å². The van der Waals surface area contributed by atoms with Gasteiger partial charge >= 0.3 is 0 Å². The van der Waals surface area contributed by atoms with E-state index in [9.17, 15) is 9.90 Å². The first-order valence-corrected chi connectivity index (χ1v) is 8.24. The number of rotatable bonds is 4. The Morgan fingerprint density at radius 3 is 2.81 bits per heavy atom. The number of hydrogen-bond donors (Lipinski definition) is 2. The summed E-state index contributed by atoms with van der Waals surface area (Å²) in [5.74, 6) is -0.143. The highest BCUT2D eigenvalue weighted by atomic mass is 16.3. The van der Waals surface area contributed by atoms with E-state index in [4.69, 9.17) is 5.26 Å². The highest BCUT2D eigenvalue weighted by Crippen LogP contribution is 2.24. The molecule has 1 aromatic carbocycles. The molecule has 2 aromatic heterocycles. The second-order valence-electron chi connectivity index (χ2n) is 6.24. The number of nitrogens with zero attached hydrogens (tertiary/aromatic N) is 4. The van der Waals surface area contributed by atoms with Crippen LogP contribution < -0.4 is 5.32 Å². The van der Waals surface area contributed by atoms with Crippen molar-refractivity contribution < 1.29 is 9.90 Å². The summed E-state index contributed by atoms with van der Waals surface area (Å²) < 4.78 is 1.63. The Hall–Kier alpha value is -3.40. The smallest absolute Gasteiger partial charge is 0.224 e. The minimum Gasteiger partial charge on any atom is -0.506 e. The number of amides is 1. The van der Waals surface area contributed by atoms with E-state index in [2.05, 4.69) is 21.5 Å². The van der Waals surface area contributed by atoms with E-state index in [0.717, 1.165) is 22.5 Å².